The van der Waals surface area contributed by atoms with Crippen molar-refractivity contribution in [1.29, 1.82) is 0 Å². The Morgan fingerprint density at radius 1 is 1.28 bits per heavy atom. The number of nitro groups is 1. The van der Waals surface area contributed by atoms with E-state index in [2.05, 4.69) is 10.3 Å². The van der Waals surface area contributed by atoms with Crippen LogP contribution in [0.3, 0.4) is 0 Å². The molecule has 0 spiro atoms. The van der Waals surface area contributed by atoms with Gasteiger partial charge in [-0.3, -0.25) is 14.9 Å². The van der Waals surface area contributed by atoms with Crippen LogP contribution in [0.5, 0.6) is 0 Å². The number of anilines is 2. The zero-order valence-corrected chi connectivity index (χ0v) is 14.0. The summed E-state index contributed by atoms with van der Waals surface area (Å²) in [7, 11) is 0. The number of nitrogens with zero attached hydrogens (tertiary/aromatic N) is 2. The molecule has 0 saturated carbocycles. The standard InChI is InChI=1S/C17H14N4O3S/c1-10-19-15(9-25-10)11-3-2-4-13(7-11)20-14-6-5-12(17(18)22)8-16(14)21(23)24/h2-9,20H,1H3,(H2,18,22). The Morgan fingerprint density at radius 3 is 2.72 bits per heavy atom. The van der Waals surface area contributed by atoms with Gasteiger partial charge < -0.3 is 11.1 Å². The average Bonchev–Trinajstić information content (AvgIpc) is 3.01. The quantitative estimate of drug-likeness (QED) is 0.534. The van der Waals surface area contributed by atoms with E-state index in [-0.39, 0.29) is 16.9 Å². The van der Waals surface area contributed by atoms with Crippen LogP contribution in [0, 0.1) is 17.0 Å². The van der Waals surface area contributed by atoms with Crippen LogP contribution in [0.15, 0.2) is 47.8 Å². The maximum atomic E-state index is 11.3. The first kappa shape index (κ1) is 16.6. The number of aromatic nitrogens is 1. The van der Waals surface area contributed by atoms with Crippen molar-refractivity contribution in [2.24, 2.45) is 5.73 Å². The monoisotopic (exact) mass is 354 g/mol. The molecule has 25 heavy (non-hydrogen) atoms. The second kappa shape index (κ2) is 6.70. The molecule has 3 rings (SSSR count). The minimum atomic E-state index is -0.712. The third-order valence-electron chi connectivity index (χ3n) is 3.54. The summed E-state index contributed by atoms with van der Waals surface area (Å²) in [6, 6.07) is 11.5. The lowest BCUT2D eigenvalue weighted by molar-refractivity contribution is -0.383. The van der Waals surface area contributed by atoms with E-state index in [0.29, 0.717) is 5.69 Å². The van der Waals surface area contributed by atoms with Crippen LogP contribution in [0.4, 0.5) is 17.1 Å². The molecule has 0 bridgehead atoms. The summed E-state index contributed by atoms with van der Waals surface area (Å²) in [5, 5.41) is 17.2. The fraction of sp³-hybridized carbons (Fsp3) is 0.0588. The number of amides is 1. The average molecular weight is 354 g/mol. The van der Waals surface area contributed by atoms with Crippen molar-refractivity contribution in [1.82, 2.24) is 4.98 Å². The van der Waals surface area contributed by atoms with Crippen molar-refractivity contribution in [3.05, 3.63) is 68.5 Å². The second-order valence-electron chi connectivity index (χ2n) is 5.31. The van der Waals surface area contributed by atoms with Gasteiger partial charge in [-0.1, -0.05) is 12.1 Å². The summed E-state index contributed by atoms with van der Waals surface area (Å²) >= 11 is 1.56. The second-order valence-corrected chi connectivity index (χ2v) is 6.37. The van der Waals surface area contributed by atoms with Gasteiger partial charge in [-0.15, -0.1) is 11.3 Å². The first-order chi connectivity index (χ1) is 11.9. The Kier molecular flexibility index (Phi) is 4.44. The van der Waals surface area contributed by atoms with Gasteiger partial charge >= 0.3 is 0 Å². The summed E-state index contributed by atoms with van der Waals surface area (Å²) in [5.41, 5.74) is 7.77. The van der Waals surface area contributed by atoms with Gasteiger partial charge in [0.05, 0.1) is 15.6 Å². The van der Waals surface area contributed by atoms with E-state index in [1.807, 2.05) is 30.5 Å². The van der Waals surface area contributed by atoms with Gasteiger partial charge in [-0.2, -0.15) is 0 Å². The number of carbonyl (C=O) groups excluding carboxylic acids is 1. The maximum absolute atomic E-state index is 11.3. The van der Waals surface area contributed by atoms with Crippen molar-refractivity contribution >= 4 is 34.3 Å². The van der Waals surface area contributed by atoms with Crippen molar-refractivity contribution < 1.29 is 9.72 Å². The highest BCUT2D eigenvalue weighted by Gasteiger charge is 2.17. The molecule has 0 radical (unpaired) electrons. The molecule has 1 aromatic heterocycles. The molecular formula is C17H14N4O3S. The largest absolute Gasteiger partial charge is 0.366 e. The van der Waals surface area contributed by atoms with E-state index in [0.717, 1.165) is 22.3 Å². The Balaban J connectivity index is 1.95. The smallest absolute Gasteiger partial charge is 0.293 e. The molecule has 1 amide bonds. The molecule has 0 aliphatic rings. The molecule has 7 nitrogen and oxygen atoms in total. The third kappa shape index (κ3) is 3.64. The van der Waals surface area contributed by atoms with Gasteiger partial charge in [-0.05, 0) is 31.2 Å². The Morgan fingerprint density at radius 2 is 2.08 bits per heavy atom. The summed E-state index contributed by atoms with van der Waals surface area (Å²) < 4.78 is 0. The normalized spacial score (nSPS) is 10.4. The van der Waals surface area contributed by atoms with Gasteiger partial charge in [-0.25, -0.2) is 4.98 Å². The van der Waals surface area contributed by atoms with Crippen molar-refractivity contribution in [3.63, 3.8) is 0 Å². The Hall–Kier alpha value is -3.26. The molecule has 0 atom stereocenters. The predicted octanol–water partition coefficient (Wildman–Crippen LogP) is 3.87. The molecule has 3 N–H and O–H groups in total. The van der Waals surface area contributed by atoms with Crippen LogP contribution in [0.1, 0.15) is 15.4 Å². The fourth-order valence-corrected chi connectivity index (χ4v) is 2.97. The number of primary amides is 1. The van der Waals surface area contributed by atoms with Gasteiger partial charge in [0.2, 0.25) is 5.91 Å². The number of carbonyl (C=O) groups is 1. The molecular weight excluding hydrogens is 340 g/mol. The predicted molar refractivity (Wildman–Crippen MR) is 97.2 cm³/mol. The number of benzene rings is 2. The summed E-state index contributed by atoms with van der Waals surface area (Å²) in [6.07, 6.45) is 0. The van der Waals surface area contributed by atoms with Crippen molar-refractivity contribution in [2.45, 2.75) is 6.92 Å². The van der Waals surface area contributed by atoms with Gasteiger partial charge in [0.1, 0.15) is 5.69 Å². The van der Waals surface area contributed by atoms with E-state index in [1.54, 1.807) is 17.4 Å². The lowest BCUT2D eigenvalue weighted by atomic mass is 10.1. The molecule has 1 heterocycles. The van der Waals surface area contributed by atoms with Crippen LogP contribution in [-0.4, -0.2) is 15.8 Å². The molecule has 2 aromatic carbocycles. The number of nitrogens with two attached hydrogens (primary N) is 1. The van der Waals surface area contributed by atoms with Gasteiger partial charge in [0.25, 0.3) is 5.69 Å². The number of nitrogens with one attached hydrogen (secondary N) is 1. The lowest BCUT2D eigenvalue weighted by Crippen LogP contribution is -2.11. The molecule has 3 aromatic rings. The van der Waals surface area contributed by atoms with Crippen LogP contribution in [-0.2, 0) is 0 Å². The number of aryl methyl sites for hydroxylation is 1. The first-order valence-electron chi connectivity index (χ1n) is 7.32. The maximum Gasteiger partial charge on any atom is 0.293 e. The zero-order chi connectivity index (χ0) is 18.0. The lowest BCUT2D eigenvalue weighted by Gasteiger charge is -2.09. The van der Waals surface area contributed by atoms with Crippen molar-refractivity contribution in [2.75, 3.05) is 5.32 Å². The van der Waals surface area contributed by atoms with Crippen molar-refractivity contribution in [3.8, 4) is 11.3 Å². The van der Waals surface area contributed by atoms with Gasteiger partial charge in [0, 0.05) is 28.3 Å². The van der Waals surface area contributed by atoms with Crippen LogP contribution >= 0.6 is 11.3 Å². The first-order valence-corrected chi connectivity index (χ1v) is 8.20. The van der Waals surface area contributed by atoms with E-state index in [4.69, 9.17) is 5.73 Å². The Bertz CT molecular complexity index is 968. The van der Waals surface area contributed by atoms with E-state index in [1.165, 1.54) is 12.1 Å². The van der Waals surface area contributed by atoms with Crippen LogP contribution < -0.4 is 11.1 Å². The number of hydrogen-bond acceptors (Lipinski definition) is 6. The fourth-order valence-electron chi connectivity index (χ4n) is 2.35. The van der Waals surface area contributed by atoms with Gasteiger partial charge in [0.15, 0.2) is 0 Å². The van der Waals surface area contributed by atoms with E-state index < -0.39 is 10.8 Å². The topological polar surface area (TPSA) is 111 Å². The molecule has 0 aliphatic heterocycles. The molecule has 0 saturated heterocycles. The zero-order valence-electron chi connectivity index (χ0n) is 13.2. The minimum absolute atomic E-state index is 0.0870. The summed E-state index contributed by atoms with van der Waals surface area (Å²) in [4.78, 5) is 26.4. The number of thiazole rings is 1. The molecule has 0 unspecified atom stereocenters. The molecule has 0 aliphatic carbocycles. The number of hydrogen-bond donors (Lipinski definition) is 2. The molecule has 126 valence electrons. The van der Waals surface area contributed by atoms with E-state index in [9.17, 15) is 14.9 Å². The minimum Gasteiger partial charge on any atom is -0.366 e. The highest BCUT2D eigenvalue weighted by atomic mass is 32.1. The van der Waals surface area contributed by atoms with Crippen LogP contribution in [0.2, 0.25) is 0 Å². The molecule has 0 fully saturated rings. The third-order valence-corrected chi connectivity index (χ3v) is 4.31. The highest BCUT2D eigenvalue weighted by molar-refractivity contribution is 7.09. The number of rotatable bonds is 5. The number of nitro benzene ring substituents is 1. The Labute approximate surface area is 147 Å². The summed E-state index contributed by atoms with van der Waals surface area (Å²) in [5.74, 6) is -0.712. The highest BCUT2D eigenvalue weighted by Crippen LogP contribution is 2.30. The van der Waals surface area contributed by atoms with Crippen LogP contribution in [0.25, 0.3) is 11.3 Å². The van der Waals surface area contributed by atoms with E-state index >= 15 is 0 Å². The SMILES string of the molecule is Cc1nc(-c2cccc(Nc3ccc(C(N)=O)cc3[N+](=O)[O-])c2)cs1. The molecule has 8 heteroatoms. The summed E-state index contributed by atoms with van der Waals surface area (Å²) in [6.45, 7) is 1.93.